The fourth-order valence-corrected chi connectivity index (χ4v) is 3.49. The minimum absolute atomic E-state index is 0.0490. The molecular formula is C22H22FN3O2. The number of hydrogen-bond acceptors (Lipinski definition) is 3. The Balaban J connectivity index is 1.93. The Morgan fingerprint density at radius 3 is 2.64 bits per heavy atom. The number of rotatable bonds is 4. The number of nitriles is 1. The molecule has 3 rings (SSSR count). The van der Waals surface area contributed by atoms with Gasteiger partial charge in [-0.2, -0.15) is 5.26 Å². The Bertz CT molecular complexity index is 964. The van der Waals surface area contributed by atoms with E-state index < -0.39 is 23.1 Å². The molecule has 0 spiro atoms. The van der Waals surface area contributed by atoms with Gasteiger partial charge in [0.25, 0.3) is 0 Å². The van der Waals surface area contributed by atoms with Gasteiger partial charge >= 0.3 is 0 Å². The van der Waals surface area contributed by atoms with Crippen LogP contribution >= 0.6 is 0 Å². The summed E-state index contributed by atoms with van der Waals surface area (Å²) in [5.74, 6) is -2.72. The summed E-state index contributed by atoms with van der Waals surface area (Å²) in [5, 5.41) is 12.0. The summed E-state index contributed by atoms with van der Waals surface area (Å²) < 4.78 is 13.9. The number of anilines is 1. The van der Waals surface area contributed by atoms with Crippen molar-refractivity contribution in [3.63, 3.8) is 0 Å². The lowest BCUT2D eigenvalue weighted by Crippen LogP contribution is -2.33. The molecule has 1 N–H and O–H groups in total. The molecule has 0 saturated carbocycles. The molecule has 0 unspecified atom stereocenters. The zero-order chi connectivity index (χ0) is 20.5. The van der Waals surface area contributed by atoms with E-state index in [1.165, 1.54) is 23.1 Å². The second kappa shape index (κ2) is 7.43. The number of benzene rings is 2. The molecule has 1 aliphatic rings. The van der Waals surface area contributed by atoms with Gasteiger partial charge in [-0.15, -0.1) is 0 Å². The van der Waals surface area contributed by atoms with Crippen molar-refractivity contribution in [3.8, 4) is 6.07 Å². The van der Waals surface area contributed by atoms with Crippen LogP contribution in [0.15, 0.2) is 48.5 Å². The lowest BCUT2D eigenvalue weighted by molar-refractivity contribution is -0.135. The first-order chi connectivity index (χ1) is 13.2. The number of likely N-dealkylation sites (tertiary alicyclic amines) is 1. The van der Waals surface area contributed by atoms with E-state index in [4.69, 9.17) is 0 Å². The van der Waals surface area contributed by atoms with Gasteiger partial charge < -0.3 is 10.2 Å². The molecule has 2 amide bonds. The predicted octanol–water partition coefficient (Wildman–Crippen LogP) is 3.44. The van der Waals surface area contributed by atoms with E-state index >= 15 is 0 Å². The summed E-state index contributed by atoms with van der Waals surface area (Å²) in [7, 11) is 1.65. The number of nitrogens with one attached hydrogen (secondary N) is 1. The minimum atomic E-state index is -0.954. The van der Waals surface area contributed by atoms with Crippen LogP contribution in [-0.2, 0) is 15.0 Å². The normalized spacial score (nSPS) is 19.4. The summed E-state index contributed by atoms with van der Waals surface area (Å²) in [6, 6.07) is 15.6. The van der Waals surface area contributed by atoms with Crippen LogP contribution in [-0.4, -0.2) is 30.3 Å². The molecule has 2 atom stereocenters. The van der Waals surface area contributed by atoms with E-state index in [1.54, 1.807) is 13.1 Å². The third kappa shape index (κ3) is 3.61. The highest BCUT2D eigenvalue weighted by Gasteiger charge is 2.44. The first kappa shape index (κ1) is 19.6. The smallest absolute Gasteiger partial charge is 0.237 e. The molecule has 2 aromatic carbocycles. The number of hydrogen-bond donors (Lipinski definition) is 1. The molecule has 1 aliphatic heterocycles. The van der Waals surface area contributed by atoms with Gasteiger partial charge in [-0.1, -0.05) is 36.4 Å². The maximum atomic E-state index is 13.9. The van der Waals surface area contributed by atoms with Crippen LogP contribution in [0.4, 0.5) is 10.1 Å². The number of para-hydroxylation sites is 1. The average molecular weight is 379 g/mol. The lowest BCUT2D eigenvalue weighted by atomic mass is 9.81. The first-order valence-electron chi connectivity index (χ1n) is 9.06. The largest absolute Gasteiger partial charge is 0.344 e. The van der Waals surface area contributed by atoms with Crippen molar-refractivity contribution >= 4 is 17.5 Å². The maximum absolute atomic E-state index is 13.9. The average Bonchev–Trinajstić information content (AvgIpc) is 2.98. The van der Waals surface area contributed by atoms with Crippen molar-refractivity contribution in [2.45, 2.75) is 25.2 Å². The maximum Gasteiger partial charge on any atom is 0.237 e. The third-order valence-corrected chi connectivity index (χ3v) is 5.25. The number of carbonyl (C=O) groups is 2. The van der Waals surface area contributed by atoms with Crippen molar-refractivity contribution in [2.75, 3.05) is 18.9 Å². The Hall–Kier alpha value is -3.20. The summed E-state index contributed by atoms with van der Waals surface area (Å²) in [5.41, 5.74) is 0.998. The van der Waals surface area contributed by atoms with Crippen molar-refractivity contribution < 1.29 is 14.0 Å². The fourth-order valence-electron chi connectivity index (χ4n) is 3.49. The SMILES string of the molecule is CN1C[C@H](c2cccc(C(C)(C)C#N)c2)[C@@H](C(=O)Nc2ccccc2F)C1=O. The first-order valence-corrected chi connectivity index (χ1v) is 9.06. The quantitative estimate of drug-likeness (QED) is 0.827. The molecule has 0 aromatic heterocycles. The van der Waals surface area contributed by atoms with Crippen LogP contribution in [0.1, 0.15) is 30.9 Å². The molecule has 6 heteroatoms. The second-order valence-corrected chi connectivity index (χ2v) is 7.63. The van der Waals surface area contributed by atoms with Crippen LogP contribution < -0.4 is 5.32 Å². The fraction of sp³-hybridized carbons (Fsp3) is 0.318. The zero-order valence-corrected chi connectivity index (χ0v) is 16.1. The highest BCUT2D eigenvalue weighted by molar-refractivity contribution is 6.08. The van der Waals surface area contributed by atoms with Crippen molar-refractivity contribution in [2.24, 2.45) is 5.92 Å². The van der Waals surface area contributed by atoms with Crippen molar-refractivity contribution in [3.05, 3.63) is 65.5 Å². The van der Waals surface area contributed by atoms with Crippen LogP contribution in [0.5, 0.6) is 0 Å². The molecule has 1 saturated heterocycles. The van der Waals surface area contributed by atoms with Crippen LogP contribution in [0.3, 0.4) is 0 Å². The second-order valence-electron chi connectivity index (χ2n) is 7.63. The summed E-state index contributed by atoms with van der Waals surface area (Å²) in [6.45, 7) is 4.02. The molecule has 1 heterocycles. The van der Waals surface area contributed by atoms with Gasteiger partial charge in [-0.3, -0.25) is 9.59 Å². The Kier molecular flexibility index (Phi) is 5.19. The molecule has 2 aromatic rings. The Morgan fingerprint density at radius 1 is 1.25 bits per heavy atom. The van der Waals surface area contributed by atoms with E-state index in [2.05, 4.69) is 11.4 Å². The van der Waals surface area contributed by atoms with Gasteiger partial charge in [0.05, 0.1) is 17.2 Å². The number of nitrogens with zero attached hydrogens (tertiary/aromatic N) is 2. The van der Waals surface area contributed by atoms with E-state index in [1.807, 2.05) is 38.1 Å². The van der Waals surface area contributed by atoms with Gasteiger partial charge in [0.15, 0.2) is 0 Å². The molecule has 5 nitrogen and oxygen atoms in total. The monoisotopic (exact) mass is 379 g/mol. The van der Waals surface area contributed by atoms with Crippen LogP contribution in [0.25, 0.3) is 0 Å². The third-order valence-electron chi connectivity index (χ3n) is 5.25. The standard InChI is InChI=1S/C22H22FN3O2/c1-22(2,13-24)15-8-6-7-14(11-15)16-12-26(3)21(28)19(16)20(27)25-18-10-5-4-9-17(18)23/h4-11,16,19H,12H2,1-3H3,(H,25,27)/t16-,19+/m1/s1. The van der Waals surface area contributed by atoms with Crippen molar-refractivity contribution in [1.29, 1.82) is 5.26 Å². The van der Waals surface area contributed by atoms with E-state index in [0.29, 0.717) is 6.54 Å². The van der Waals surface area contributed by atoms with Gasteiger partial charge in [-0.05, 0) is 37.1 Å². The van der Waals surface area contributed by atoms with Gasteiger partial charge in [-0.25, -0.2) is 4.39 Å². The number of halogens is 1. The molecule has 28 heavy (non-hydrogen) atoms. The molecule has 0 radical (unpaired) electrons. The number of carbonyl (C=O) groups excluding carboxylic acids is 2. The Morgan fingerprint density at radius 2 is 1.96 bits per heavy atom. The van der Waals surface area contributed by atoms with Gasteiger partial charge in [0.1, 0.15) is 11.7 Å². The molecule has 1 fully saturated rings. The molecular weight excluding hydrogens is 357 g/mol. The lowest BCUT2D eigenvalue weighted by Gasteiger charge is -2.21. The van der Waals surface area contributed by atoms with E-state index in [9.17, 15) is 19.2 Å². The number of likely N-dealkylation sites (N-methyl/N-ethyl adjacent to an activating group) is 1. The Labute approximate surface area is 163 Å². The summed E-state index contributed by atoms with van der Waals surface area (Å²) in [4.78, 5) is 27.0. The summed E-state index contributed by atoms with van der Waals surface area (Å²) >= 11 is 0. The molecule has 0 aliphatic carbocycles. The van der Waals surface area contributed by atoms with Gasteiger partial charge in [0, 0.05) is 19.5 Å². The topological polar surface area (TPSA) is 73.2 Å². The predicted molar refractivity (Wildman–Crippen MR) is 104 cm³/mol. The van der Waals surface area contributed by atoms with Crippen LogP contribution in [0.2, 0.25) is 0 Å². The van der Waals surface area contributed by atoms with E-state index in [-0.39, 0.29) is 17.5 Å². The zero-order valence-electron chi connectivity index (χ0n) is 16.1. The van der Waals surface area contributed by atoms with E-state index in [0.717, 1.165) is 11.1 Å². The minimum Gasteiger partial charge on any atom is -0.344 e. The van der Waals surface area contributed by atoms with Crippen LogP contribution in [0, 0.1) is 23.1 Å². The highest BCUT2D eigenvalue weighted by atomic mass is 19.1. The molecule has 144 valence electrons. The number of amides is 2. The highest BCUT2D eigenvalue weighted by Crippen LogP contribution is 2.36. The summed E-state index contributed by atoms with van der Waals surface area (Å²) in [6.07, 6.45) is 0. The molecule has 0 bridgehead atoms. The van der Waals surface area contributed by atoms with Gasteiger partial charge in [0.2, 0.25) is 11.8 Å². The van der Waals surface area contributed by atoms with Crippen molar-refractivity contribution in [1.82, 2.24) is 4.90 Å².